The highest BCUT2D eigenvalue weighted by molar-refractivity contribution is 7.15. The van der Waals surface area contributed by atoms with Crippen LogP contribution in [-0.4, -0.2) is 22.0 Å². The summed E-state index contributed by atoms with van der Waals surface area (Å²) in [6.45, 7) is 4.48. The molecule has 2 aromatic rings. The Hall–Kier alpha value is -2.25. The van der Waals surface area contributed by atoms with E-state index in [1.165, 1.54) is 12.1 Å². The minimum atomic E-state index is -0.837. The lowest BCUT2D eigenvalue weighted by molar-refractivity contribution is -0.384. The van der Waals surface area contributed by atoms with Crippen molar-refractivity contribution in [1.82, 2.24) is 5.32 Å². The summed E-state index contributed by atoms with van der Waals surface area (Å²) in [5.41, 5.74) is 0.976. The van der Waals surface area contributed by atoms with Gasteiger partial charge in [-0.1, -0.05) is 13.8 Å². The van der Waals surface area contributed by atoms with E-state index < -0.39 is 16.9 Å². The van der Waals surface area contributed by atoms with E-state index in [1.54, 1.807) is 23.5 Å². The Balaban J connectivity index is 2.02. The van der Waals surface area contributed by atoms with Crippen molar-refractivity contribution in [3.05, 3.63) is 51.4 Å². The maximum absolute atomic E-state index is 11.3. The van der Waals surface area contributed by atoms with E-state index in [0.29, 0.717) is 18.9 Å². The normalized spacial score (nSPS) is 12.3. The number of hydrogen-bond acceptors (Lipinski definition) is 5. The first-order chi connectivity index (χ1) is 11.4. The van der Waals surface area contributed by atoms with Crippen LogP contribution < -0.4 is 5.32 Å². The number of rotatable bonds is 8. The van der Waals surface area contributed by atoms with Crippen LogP contribution in [-0.2, 0) is 11.3 Å². The Bertz CT molecular complexity index is 710. The van der Waals surface area contributed by atoms with Crippen molar-refractivity contribution in [3.63, 3.8) is 0 Å². The molecule has 0 spiro atoms. The van der Waals surface area contributed by atoms with Crippen LogP contribution in [0.25, 0.3) is 10.4 Å². The Labute approximate surface area is 144 Å². The van der Waals surface area contributed by atoms with E-state index in [0.717, 1.165) is 15.3 Å². The molecule has 128 valence electrons. The first-order valence-corrected chi connectivity index (χ1v) is 8.48. The number of carboxylic acids is 1. The quantitative estimate of drug-likeness (QED) is 0.557. The second-order valence-corrected chi connectivity index (χ2v) is 7.14. The van der Waals surface area contributed by atoms with Gasteiger partial charge in [-0.2, -0.15) is 0 Å². The van der Waals surface area contributed by atoms with Gasteiger partial charge in [0.25, 0.3) is 5.69 Å². The van der Waals surface area contributed by atoms with Gasteiger partial charge in [-0.25, -0.2) is 0 Å². The summed E-state index contributed by atoms with van der Waals surface area (Å²) in [7, 11) is 0. The van der Waals surface area contributed by atoms with Gasteiger partial charge >= 0.3 is 5.97 Å². The molecule has 0 aliphatic rings. The van der Waals surface area contributed by atoms with E-state index in [1.807, 2.05) is 26.0 Å². The highest BCUT2D eigenvalue weighted by Gasteiger charge is 2.18. The first-order valence-electron chi connectivity index (χ1n) is 7.66. The number of nitrogens with zero attached hydrogens (tertiary/aromatic N) is 1. The Morgan fingerprint density at radius 2 is 1.92 bits per heavy atom. The molecule has 0 aliphatic heterocycles. The second-order valence-electron chi connectivity index (χ2n) is 5.97. The van der Waals surface area contributed by atoms with Crippen LogP contribution in [0.4, 0.5) is 5.69 Å². The molecule has 0 bridgehead atoms. The highest BCUT2D eigenvalue weighted by Crippen LogP contribution is 2.29. The molecule has 0 saturated heterocycles. The molecule has 2 N–H and O–H groups in total. The zero-order chi connectivity index (χ0) is 17.7. The van der Waals surface area contributed by atoms with Crippen molar-refractivity contribution in [3.8, 4) is 10.4 Å². The summed E-state index contributed by atoms with van der Waals surface area (Å²) >= 11 is 1.55. The number of benzene rings is 1. The summed E-state index contributed by atoms with van der Waals surface area (Å²) in [6.07, 6.45) is 0.579. The summed E-state index contributed by atoms with van der Waals surface area (Å²) in [6, 6.07) is 9.74. The molecule has 1 unspecified atom stereocenters. The monoisotopic (exact) mass is 348 g/mol. The number of thiophene rings is 1. The van der Waals surface area contributed by atoms with Gasteiger partial charge < -0.3 is 5.11 Å². The zero-order valence-electron chi connectivity index (χ0n) is 13.6. The van der Waals surface area contributed by atoms with Crippen molar-refractivity contribution < 1.29 is 14.8 Å². The van der Waals surface area contributed by atoms with Gasteiger partial charge in [0.1, 0.15) is 6.04 Å². The fraction of sp³-hybridized carbons (Fsp3) is 0.353. The Morgan fingerprint density at radius 3 is 2.46 bits per heavy atom. The van der Waals surface area contributed by atoms with Crippen molar-refractivity contribution in [2.45, 2.75) is 32.9 Å². The van der Waals surface area contributed by atoms with Gasteiger partial charge in [-0.15, -0.1) is 11.3 Å². The third kappa shape index (κ3) is 4.87. The fourth-order valence-electron chi connectivity index (χ4n) is 2.34. The maximum atomic E-state index is 11.3. The lowest BCUT2D eigenvalue weighted by Crippen LogP contribution is -2.37. The number of carboxylic acid groups (broad SMARTS) is 1. The molecule has 1 heterocycles. The van der Waals surface area contributed by atoms with Crippen molar-refractivity contribution in [2.24, 2.45) is 5.92 Å². The molecule has 7 heteroatoms. The van der Waals surface area contributed by atoms with Gasteiger partial charge in [0.2, 0.25) is 0 Å². The van der Waals surface area contributed by atoms with Gasteiger partial charge in [-0.3, -0.25) is 20.2 Å². The molecular formula is C17H20N2O4S. The highest BCUT2D eigenvalue weighted by atomic mass is 32.1. The van der Waals surface area contributed by atoms with Crippen LogP contribution in [0.15, 0.2) is 36.4 Å². The Morgan fingerprint density at radius 1 is 1.25 bits per heavy atom. The van der Waals surface area contributed by atoms with Gasteiger partial charge in [0.05, 0.1) is 4.92 Å². The van der Waals surface area contributed by atoms with Crippen molar-refractivity contribution in [1.29, 1.82) is 0 Å². The number of non-ortho nitro benzene ring substituents is 1. The van der Waals surface area contributed by atoms with Gasteiger partial charge in [-0.05, 0) is 42.2 Å². The zero-order valence-corrected chi connectivity index (χ0v) is 14.4. The van der Waals surface area contributed by atoms with E-state index >= 15 is 0 Å². The van der Waals surface area contributed by atoms with Crippen LogP contribution in [0.5, 0.6) is 0 Å². The molecule has 0 fully saturated rings. The summed E-state index contributed by atoms with van der Waals surface area (Å²) < 4.78 is 0. The van der Waals surface area contributed by atoms with Crippen molar-refractivity contribution >= 4 is 23.0 Å². The van der Waals surface area contributed by atoms with Crippen LogP contribution in [0.1, 0.15) is 25.1 Å². The molecule has 0 aliphatic carbocycles. The lowest BCUT2D eigenvalue weighted by atomic mass is 10.0. The van der Waals surface area contributed by atoms with Gasteiger partial charge in [0.15, 0.2) is 0 Å². The smallest absolute Gasteiger partial charge is 0.320 e. The molecule has 0 radical (unpaired) electrons. The molecule has 24 heavy (non-hydrogen) atoms. The lowest BCUT2D eigenvalue weighted by Gasteiger charge is -2.15. The average Bonchev–Trinajstić information content (AvgIpc) is 2.99. The number of carbonyl (C=O) groups is 1. The van der Waals surface area contributed by atoms with E-state index in [2.05, 4.69) is 5.32 Å². The molecule has 2 rings (SSSR count). The van der Waals surface area contributed by atoms with E-state index in [9.17, 15) is 20.0 Å². The van der Waals surface area contributed by atoms with Crippen LogP contribution >= 0.6 is 11.3 Å². The maximum Gasteiger partial charge on any atom is 0.320 e. The van der Waals surface area contributed by atoms with Crippen molar-refractivity contribution in [2.75, 3.05) is 0 Å². The minimum absolute atomic E-state index is 0.0650. The summed E-state index contributed by atoms with van der Waals surface area (Å²) in [4.78, 5) is 23.5. The van der Waals surface area contributed by atoms with Crippen LogP contribution in [0.2, 0.25) is 0 Å². The SMILES string of the molecule is CC(C)CC(NCc1ccc(-c2ccc([N+](=O)[O-])cc2)s1)C(=O)O. The molecule has 6 nitrogen and oxygen atoms in total. The largest absolute Gasteiger partial charge is 0.480 e. The Kier molecular flexibility index (Phi) is 6.05. The minimum Gasteiger partial charge on any atom is -0.480 e. The number of nitrogens with one attached hydrogen (secondary N) is 1. The van der Waals surface area contributed by atoms with Gasteiger partial charge in [0, 0.05) is 28.4 Å². The number of hydrogen-bond donors (Lipinski definition) is 2. The molecule has 1 aromatic carbocycles. The van der Waals surface area contributed by atoms with Crippen LogP contribution in [0.3, 0.4) is 0 Å². The predicted octanol–water partition coefficient (Wildman–Crippen LogP) is 3.91. The number of nitro groups is 1. The number of aliphatic carboxylic acids is 1. The van der Waals surface area contributed by atoms with E-state index in [-0.39, 0.29) is 5.69 Å². The third-order valence-electron chi connectivity index (χ3n) is 3.55. The molecule has 0 saturated carbocycles. The van der Waals surface area contributed by atoms with Crippen LogP contribution in [0, 0.1) is 16.0 Å². The molecule has 1 atom stereocenters. The fourth-order valence-corrected chi connectivity index (χ4v) is 3.31. The summed E-state index contributed by atoms with van der Waals surface area (Å²) in [5.74, 6) is -0.534. The van der Waals surface area contributed by atoms with E-state index in [4.69, 9.17) is 0 Å². The average molecular weight is 348 g/mol. The molecular weight excluding hydrogens is 328 g/mol. The molecule has 1 aromatic heterocycles. The topological polar surface area (TPSA) is 92.5 Å². The summed E-state index contributed by atoms with van der Waals surface area (Å²) in [5, 5.41) is 23.0. The standard InChI is InChI=1S/C17H20N2O4S/c1-11(2)9-15(17(20)21)18-10-14-7-8-16(24-14)12-3-5-13(6-4-12)19(22)23/h3-8,11,15,18H,9-10H2,1-2H3,(H,20,21). The predicted molar refractivity (Wildman–Crippen MR) is 94.1 cm³/mol. The molecule has 0 amide bonds. The third-order valence-corrected chi connectivity index (χ3v) is 4.69. The first kappa shape index (κ1) is 18.1. The second kappa shape index (κ2) is 8.03. The number of nitro benzene ring substituents is 1.